The molecule has 6 heteroatoms. The Hall–Kier alpha value is -2.34. The second-order valence-corrected chi connectivity index (χ2v) is 6.40. The summed E-state index contributed by atoms with van der Waals surface area (Å²) in [5, 5.41) is 9.21. The zero-order chi connectivity index (χ0) is 17.1. The first-order valence-electron chi connectivity index (χ1n) is 7.53. The van der Waals surface area contributed by atoms with Gasteiger partial charge in [0.1, 0.15) is 5.82 Å². The van der Waals surface area contributed by atoms with Crippen LogP contribution >= 0.6 is 11.8 Å². The molecule has 0 aliphatic rings. The lowest BCUT2D eigenvalue weighted by Gasteiger charge is -2.09. The smallest absolute Gasteiger partial charge is 0.196 e. The van der Waals surface area contributed by atoms with Crippen molar-refractivity contribution in [3.05, 3.63) is 65.2 Å². The highest BCUT2D eigenvalue weighted by Crippen LogP contribution is 2.27. The van der Waals surface area contributed by atoms with E-state index in [9.17, 15) is 4.39 Å². The number of ether oxygens (including phenoxy) is 1. The molecular formula is C18H18FN3OS. The third-order valence-corrected chi connectivity index (χ3v) is 4.64. The van der Waals surface area contributed by atoms with Crippen LogP contribution in [0.4, 0.5) is 4.39 Å². The van der Waals surface area contributed by atoms with Crippen LogP contribution in [0.25, 0.3) is 5.69 Å². The van der Waals surface area contributed by atoms with Gasteiger partial charge in [0.15, 0.2) is 16.7 Å². The van der Waals surface area contributed by atoms with Crippen molar-refractivity contribution in [3.63, 3.8) is 0 Å². The Labute approximate surface area is 144 Å². The van der Waals surface area contributed by atoms with Crippen LogP contribution in [0.1, 0.15) is 17.0 Å². The molecule has 2 aromatic carbocycles. The fourth-order valence-electron chi connectivity index (χ4n) is 2.45. The van der Waals surface area contributed by atoms with E-state index in [-0.39, 0.29) is 11.6 Å². The SMILES string of the molecule is COc1ccc(CSc2nnc(C)n2-c2cccc(C)c2)cc1F. The van der Waals surface area contributed by atoms with E-state index in [4.69, 9.17) is 4.74 Å². The van der Waals surface area contributed by atoms with E-state index in [2.05, 4.69) is 29.3 Å². The third-order valence-electron chi connectivity index (χ3n) is 3.64. The van der Waals surface area contributed by atoms with Crippen molar-refractivity contribution in [2.24, 2.45) is 0 Å². The van der Waals surface area contributed by atoms with Gasteiger partial charge in [0.05, 0.1) is 7.11 Å². The van der Waals surface area contributed by atoms with Gasteiger partial charge in [-0.15, -0.1) is 10.2 Å². The van der Waals surface area contributed by atoms with Gasteiger partial charge in [-0.05, 0) is 49.2 Å². The van der Waals surface area contributed by atoms with Crippen LogP contribution in [-0.4, -0.2) is 21.9 Å². The maximum Gasteiger partial charge on any atom is 0.196 e. The Morgan fingerprint density at radius 3 is 2.67 bits per heavy atom. The number of nitrogens with zero attached hydrogens (tertiary/aromatic N) is 3. The normalized spacial score (nSPS) is 10.8. The van der Waals surface area contributed by atoms with E-state index in [1.807, 2.05) is 29.7 Å². The Balaban J connectivity index is 1.83. The number of thioether (sulfide) groups is 1. The molecule has 0 atom stereocenters. The first kappa shape index (κ1) is 16.5. The van der Waals surface area contributed by atoms with Gasteiger partial charge in [-0.1, -0.05) is 30.0 Å². The molecule has 0 saturated carbocycles. The number of hydrogen-bond donors (Lipinski definition) is 0. The van der Waals surface area contributed by atoms with Crippen LogP contribution < -0.4 is 4.74 Å². The summed E-state index contributed by atoms with van der Waals surface area (Å²) in [5.74, 6) is 1.32. The van der Waals surface area contributed by atoms with Gasteiger partial charge in [0, 0.05) is 11.4 Å². The topological polar surface area (TPSA) is 39.9 Å². The second-order valence-electron chi connectivity index (χ2n) is 5.46. The first-order chi connectivity index (χ1) is 11.6. The molecule has 0 unspecified atom stereocenters. The highest BCUT2D eigenvalue weighted by Gasteiger charge is 2.12. The lowest BCUT2D eigenvalue weighted by Crippen LogP contribution is -1.99. The van der Waals surface area contributed by atoms with Crippen molar-refractivity contribution in [1.29, 1.82) is 0 Å². The average molecular weight is 343 g/mol. The minimum atomic E-state index is -0.355. The molecule has 0 N–H and O–H groups in total. The summed E-state index contributed by atoms with van der Waals surface area (Å²) in [5.41, 5.74) is 3.07. The average Bonchev–Trinajstić information content (AvgIpc) is 2.94. The molecule has 0 aliphatic carbocycles. The number of aryl methyl sites for hydroxylation is 2. The summed E-state index contributed by atoms with van der Waals surface area (Å²) in [6.07, 6.45) is 0. The number of rotatable bonds is 5. The molecule has 0 radical (unpaired) electrons. The van der Waals surface area contributed by atoms with Gasteiger partial charge >= 0.3 is 0 Å². The van der Waals surface area contributed by atoms with Crippen LogP contribution in [0.2, 0.25) is 0 Å². The molecule has 1 aromatic heterocycles. The van der Waals surface area contributed by atoms with Crippen LogP contribution in [0.15, 0.2) is 47.6 Å². The largest absolute Gasteiger partial charge is 0.494 e. The van der Waals surface area contributed by atoms with Crippen LogP contribution in [0, 0.1) is 19.7 Å². The van der Waals surface area contributed by atoms with Crippen molar-refractivity contribution in [2.75, 3.05) is 7.11 Å². The van der Waals surface area contributed by atoms with Crippen LogP contribution in [0.3, 0.4) is 0 Å². The number of halogens is 1. The predicted octanol–water partition coefficient (Wildman–Crippen LogP) is 4.32. The third kappa shape index (κ3) is 3.43. The monoisotopic (exact) mass is 343 g/mol. The summed E-state index contributed by atoms with van der Waals surface area (Å²) < 4.78 is 20.8. The Morgan fingerprint density at radius 2 is 1.96 bits per heavy atom. The molecule has 0 bridgehead atoms. The van der Waals surface area contributed by atoms with Crippen molar-refractivity contribution in [3.8, 4) is 11.4 Å². The first-order valence-corrected chi connectivity index (χ1v) is 8.51. The van der Waals surface area contributed by atoms with Gasteiger partial charge in [-0.3, -0.25) is 4.57 Å². The van der Waals surface area contributed by atoms with Crippen molar-refractivity contribution in [1.82, 2.24) is 14.8 Å². The molecule has 24 heavy (non-hydrogen) atoms. The summed E-state index contributed by atoms with van der Waals surface area (Å²) in [7, 11) is 1.46. The fourth-order valence-corrected chi connectivity index (χ4v) is 3.39. The quantitative estimate of drug-likeness (QED) is 0.647. The molecule has 0 aliphatic heterocycles. The number of methoxy groups -OCH3 is 1. The predicted molar refractivity (Wildman–Crippen MR) is 93.3 cm³/mol. The van der Waals surface area contributed by atoms with E-state index in [1.165, 1.54) is 30.5 Å². The second kappa shape index (κ2) is 7.05. The summed E-state index contributed by atoms with van der Waals surface area (Å²) >= 11 is 1.53. The van der Waals surface area contributed by atoms with E-state index < -0.39 is 0 Å². The minimum Gasteiger partial charge on any atom is -0.494 e. The highest BCUT2D eigenvalue weighted by molar-refractivity contribution is 7.98. The molecule has 4 nitrogen and oxygen atoms in total. The molecule has 0 saturated heterocycles. The minimum absolute atomic E-state index is 0.252. The van der Waals surface area contributed by atoms with Gasteiger partial charge < -0.3 is 4.74 Å². The molecule has 3 rings (SSSR count). The standard InChI is InChI=1S/C18H18FN3OS/c1-12-5-4-6-15(9-12)22-13(2)20-21-18(22)24-11-14-7-8-17(23-3)16(19)10-14/h4-10H,11H2,1-3H3. The van der Waals surface area contributed by atoms with Crippen LogP contribution in [-0.2, 0) is 5.75 Å². The van der Waals surface area contributed by atoms with Gasteiger partial charge in [0.2, 0.25) is 0 Å². The fraction of sp³-hybridized carbons (Fsp3) is 0.222. The van der Waals surface area contributed by atoms with Crippen LogP contribution in [0.5, 0.6) is 5.75 Å². The van der Waals surface area contributed by atoms with Crippen molar-refractivity contribution < 1.29 is 9.13 Å². The van der Waals surface area contributed by atoms with Crippen molar-refractivity contribution >= 4 is 11.8 Å². The highest BCUT2D eigenvalue weighted by atomic mass is 32.2. The van der Waals surface area contributed by atoms with E-state index in [1.54, 1.807) is 6.07 Å². The van der Waals surface area contributed by atoms with Gasteiger partial charge in [0.25, 0.3) is 0 Å². The molecule has 124 valence electrons. The summed E-state index contributed by atoms with van der Waals surface area (Å²) in [6.45, 7) is 3.97. The lowest BCUT2D eigenvalue weighted by atomic mass is 10.2. The number of hydrogen-bond acceptors (Lipinski definition) is 4. The molecule has 0 fully saturated rings. The molecule has 0 amide bonds. The van der Waals surface area contributed by atoms with Gasteiger partial charge in [-0.25, -0.2) is 4.39 Å². The molecule has 1 heterocycles. The zero-order valence-electron chi connectivity index (χ0n) is 13.8. The molecule has 3 aromatic rings. The summed E-state index contributed by atoms with van der Waals surface area (Å²) in [6, 6.07) is 13.2. The number of aromatic nitrogens is 3. The van der Waals surface area contributed by atoms with E-state index >= 15 is 0 Å². The Morgan fingerprint density at radius 1 is 1.12 bits per heavy atom. The maximum absolute atomic E-state index is 13.8. The molecular weight excluding hydrogens is 325 g/mol. The lowest BCUT2D eigenvalue weighted by molar-refractivity contribution is 0.386. The van der Waals surface area contributed by atoms with E-state index in [0.717, 1.165) is 22.2 Å². The molecule has 0 spiro atoms. The zero-order valence-corrected chi connectivity index (χ0v) is 14.6. The van der Waals surface area contributed by atoms with Gasteiger partial charge in [-0.2, -0.15) is 0 Å². The summed E-state index contributed by atoms with van der Waals surface area (Å²) in [4.78, 5) is 0. The van der Waals surface area contributed by atoms with Crippen molar-refractivity contribution in [2.45, 2.75) is 24.8 Å². The Bertz CT molecular complexity index is 863. The maximum atomic E-state index is 13.8. The van der Waals surface area contributed by atoms with E-state index in [0.29, 0.717) is 5.75 Å². The number of benzene rings is 2. The Kier molecular flexibility index (Phi) is 4.85.